The molecule has 0 bridgehead atoms. The van der Waals surface area contributed by atoms with Crippen LogP contribution in [0.2, 0.25) is 0 Å². The molecule has 0 saturated carbocycles. The van der Waals surface area contributed by atoms with E-state index in [0.29, 0.717) is 17.9 Å². The Hall–Kier alpha value is -4.58. The van der Waals surface area contributed by atoms with E-state index in [1.807, 2.05) is 18.2 Å². The van der Waals surface area contributed by atoms with Gasteiger partial charge in [0.2, 0.25) is 0 Å². The summed E-state index contributed by atoms with van der Waals surface area (Å²) in [5, 5.41) is 11.9. The third-order valence-corrected chi connectivity index (χ3v) is 8.31. The van der Waals surface area contributed by atoms with Crippen molar-refractivity contribution in [3.05, 3.63) is 158 Å². The van der Waals surface area contributed by atoms with E-state index in [1.165, 1.54) is 29.3 Å². The molecule has 7 heteroatoms. The minimum atomic E-state index is -0.957. The fourth-order valence-corrected chi connectivity index (χ4v) is 5.62. The van der Waals surface area contributed by atoms with E-state index >= 15 is 0 Å². The third-order valence-electron chi connectivity index (χ3n) is 7.34. The van der Waals surface area contributed by atoms with Gasteiger partial charge in [-0.05, 0) is 82.8 Å². The van der Waals surface area contributed by atoms with Crippen LogP contribution < -0.4 is 4.74 Å². The average Bonchev–Trinajstić information content (AvgIpc) is 3.03. The molecule has 1 aliphatic heterocycles. The van der Waals surface area contributed by atoms with Gasteiger partial charge in [0, 0.05) is 25.6 Å². The zero-order chi connectivity index (χ0) is 30.9. The SMILES string of the molecule is Cc1ccc(CCN(Cc2ccc(COc3ccc(CCC(=O)O)c(F)c3)cc2)C2=C=CC(c3ccc(F)cc3)=CS2)cc1. The van der Waals surface area contributed by atoms with Crippen LogP contribution in [0.5, 0.6) is 5.75 Å². The van der Waals surface area contributed by atoms with Crippen LogP contribution in [0.4, 0.5) is 8.78 Å². The number of hydrogen-bond donors (Lipinski definition) is 1. The van der Waals surface area contributed by atoms with Crippen molar-refractivity contribution >= 4 is 23.3 Å². The molecule has 4 aromatic carbocycles. The van der Waals surface area contributed by atoms with Crippen LogP contribution in [0.15, 0.2) is 113 Å². The highest BCUT2D eigenvalue weighted by Crippen LogP contribution is 2.32. The van der Waals surface area contributed by atoms with Crippen molar-refractivity contribution in [2.75, 3.05) is 6.54 Å². The molecule has 0 aliphatic carbocycles. The van der Waals surface area contributed by atoms with E-state index in [0.717, 1.165) is 40.3 Å². The quantitative estimate of drug-likeness (QED) is 0.154. The average molecular weight is 610 g/mol. The van der Waals surface area contributed by atoms with Gasteiger partial charge < -0.3 is 14.7 Å². The predicted octanol–water partition coefficient (Wildman–Crippen LogP) is 8.70. The molecule has 224 valence electrons. The molecule has 4 aromatic rings. The maximum absolute atomic E-state index is 14.4. The molecule has 1 N–H and O–H groups in total. The Balaban J connectivity index is 1.25. The first-order valence-corrected chi connectivity index (χ1v) is 15.3. The minimum Gasteiger partial charge on any atom is -0.489 e. The second-order valence-electron chi connectivity index (χ2n) is 10.7. The highest BCUT2D eigenvalue weighted by molar-refractivity contribution is 8.05. The number of hydrogen-bond acceptors (Lipinski definition) is 4. The van der Waals surface area contributed by atoms with Gasteiger partial charge >= 0.3 is 5.97 Å². The lowest BCUT2D eigenvalue weighted by molar-refractivity contribution is -0.136. The Bertz CT molecular complexity index is 1690. The Kier molecular flexibility index (Phi) is 10.3. The fraction of sp³-hybridized carbons (Fsp3) is 0.189. The predicted molar refractivity (Wildman–Crippen MR) is 172 cm³/mol. The molecule has 0 unspecified atom stereocenters. The van der Waals surface area contributed by atoms with Gasteiger partial charge in [-0.15, -0.1) is 0 Å². The zero-order valence-corrected chi connectivity index (χ0v) is 25.2. The summed E-state index contributed by atoms with van der Waals surface area (Å²) in [4.78, 5) is 13.1. The maximum atomic E-state index is 14.4. The number of carbonyl (C=O) groups is 1. The summed E-state index contributed by atoms with van der Waals surface area (Å²) in [7, 11) is 0. The first kappa shape index (κ1) is 30.9. The minimum absolute atomic E-state index is 0.118. The molecule has 4 nitrogen and oxygen atoms in total. The van der Waals surface area contributed by atoms with Gasteiger partial charge in [-0.3, -0.25) is 4.79 Å². The molecule has 0 radical (unpaired) electrons. The highest BCUT2D eigenvalue weighted by atomic mass is 32.2. The summed E-state index contributed by atoms with van der Waals surface area (Å²) in [6.07, 6.45) is 2.87. The standard InChI is InChI=1S/C37H33F2NO3S/c1-26-2-4-27(5-3-26)20-21-40(36-18-13-32(25-44-36)30-10-15-33(38)16-11-30)23-28-6-8-29(9-7-28)24-43-34-17-12-31(35(39)22-34)14-19-37(41)42/h2-13,15-17,22,25H,14,19-21,23-24H2,1H3,(H,41,42). The first-order chi connectivity index (χ1) is 21.3. The maximum Gasteiger partial charge on any atom is 0.303 e. The molecule has 0 spiro atoms. The van der Waals surface area contributed by atoms with Crippen molar-refractivity contribution in [2.45, 2.75) is 39.3 Å². The molecule has 0 atom stereocenters. The molecule has 5 rings (SSSR count). The number of carboxylic acid groups (broad SMARTS) is 1. The van der Waals surface area contributed by atoms with Crippen molar-refractivity contribution in [1.82, 2.24) is 4.90 Å². The molecular weight excluding hydrogens is 576 g/mol. The second-order valence-corrected chi connectivity index (χ2v) is 11.6. The Morgan fingerprint density at radius 2 is 1.59 bits per heavy atom. The first-order valence-electron chi connectivity index (χ1n) is 14.4. The lowest BCUT2D eigenvalue weighted by Crippen LogP contribution is -2.24. The van der Waals surface area contributed by atoms with Gasteiger partial charge in [0.15, 0.2) is 0 Å². The number of nitrogens with zero attached hydrogens (tertiary/aromatic N) is 1. The number of rotatable bonds is 13. The van der Waals surface area contributed by atoms with Gasteiger partial charge in [0.05, 0.1) is 0 Å². The molecule has 0 aromatic heterocycles. The number of allylic oxidation sites excluding steroid dienone is 2. The summed E-state index contributed by atoms with van der Waals surface area (Å²) in [5.41, 5.74) is 10.4. The monoisotopic (exact) mass is 609 g/mol. The number of thioether (sulfide) groups is 1. The Labute approximate surface area is 261 Å². The molecule has 44 heavy (non-hydrogen) atoms. The van der Waals surface area contributed by atoms with E-state index in [9.17, 15) is 13.6 Å². The lowest BCUT2D eigenvalue weighted by atomic mass is 10.1. The van der Waals surface area contributed by atoms with E-state index in [4.69, 9.17) is 9.84 Å². The summed E-state index contributed by atoms with van der Waals surface area (Å²) >= 11 is 1.62. The summed E-state index contributed by atoms with van der Waals surface area (Å²) in [6.45, 7) is 3.87. The summed E-state index contributed by atoms with van der Waals surface area (Å²) in [5.74, 6) is -1.28. The van der Waals surface area contributed by atoms with E-state index in [1.54, 1.807) is 36.0 Å². The van der Waals surface area contributed by atoms with Crippen LogP contribution >= 0.6 is 11.8 Å². The second kappa shape index (κ2) is 14.7. The smallest absolute Gasteiger partial charge is 0.303 e. The van der Waals surface area contributed by atoms with E-state index < -0.39 is 11.8 Å². The number of aliphatic carboxylic acids is 1. The number of aryl methyl sites for hydroxylation is 2. The molecule has 1 aliphatic rings. The van der Waals surface area contributed by atoms with Crippen molar-refractivity contribution < 1.29 is 23.4 Å². The van der Waals surface area contributed by atoms with Crippen LogP contribution in [0.25, 0.3) is 5.57 Å². The highest BCUT2D eigenvalue weighted by Gasteiger charge is 2.14. The van der Waals surface area contributed by atoms with Crippen molar-refractivity contribution in [3.63, 3.8) is 0 Å². The third kappa shape index (κ3) is 8.73. The fourth-order valence-electron chi connectivity index (χ4n) is 4.75. The van der Waals surface area contributed by atoms with Crippen LogP contribution in [0, 0.1) is 18.6 Å². The van der Waals surface area contributed by atoms with Gasteiger partial charge in [-0.1, -0.05) is 89.8 Å². The summed E-state index contributed by atoms with van der Waals surface area (Å²) < 4.78 is 33.6. The number of carboxylic acids is 1. The molecule has 0 amide bonds. The topological polar surface area (TPSA) is 49.8 Å². The number of ether oxygens (including phenoxy) is 1. The van der Waals surface area contributed by atoms with Gasteiger partial charge in [-0.2, -0.15) is 0 Å². The normalized spacial score (nSPS) is 12.4. The van der Waals surface area contributed by atoms with Crippen LogP contribution in [0.1, 0.15) is 39.8 Å². The van der Waals surface area contributed by atoms with E-state index in [-0.39, 0.29) is 25.3 Å². The van der Waals surface area contributed by atoms with Crippen molar-refractivity contribution in [2.24, 2.45) is 0 Å². The Morgan fingerprint density at radius 1 is 0.886 bits per heavy atom. The van der Waals surface area contributed by atoms with Crippen molar-refractivity contribution in [3.8, 4) is 5.75 Å². The van der Waals surface area contributed by atoms with Crippen LogP contribution in [-0.2, 0) is 30.8 Å². The van der Waals surface area contributed by atoms with Gasteiger partial charge in [0.1, 0.15) is 29.0 Å². The lowest BCUT2D eigenvalue weighted by Gasteiger charge is -2.26. The zero-order valence-electron chi connectivity index (χ0n) is 24.4. The van der Waals surface area contributed by atoms with Crippen molar-refractivity contribution in [1.29, 1.82) is 0 Å². The van der Waals surface area contributed by atoms with Gasteiger partial charge in [0.25, 0.3) is 0 Å². The summed E-state index contributed by atoms with van der Waals surface area (Å²) in [6, 6.07) is 27.8. The van der Waals surface area contributed by atoms with Crippen LogP contribution in [0.3, 0.4) is 0 Å². The number of halogens is 2. The largest absolute Gasteiger partial charge is 0.489 e. The molecular formula is C37H33F2NO3S. The molecule has 0 fully saturated rings. The Morgan fingerprint density at radius 3 is 2.25 bits per heavy atom. The van der Waals surface area contributed by atoms with Crippen LogP contribution in [-0.4, -0.2) is 22.5 Å². The van der Waals surface area contributed by atoms with Gasteiger partial charge in [-0.25, -0.2) is 8.78 Å². The molecule has 1 heterocycles. The van der Waals surface area contributed by atoms with E-state index in [2.05, 4.69) is 59.4 Å². The molecule has 0 saturated heterocycles. The number of benzene rings is 4.